The van der Waals surface area contributed by atoms with Gasteiger partial charge in [-0.1, -0.05) is 16.6 Å². The average Bonchev–Trinajstić information content (AvgIpc) is 2.71. The van der Waals surface area contributed by atoms with Crippen molar-refractivity contribution < 1.29 is 27.9 Å². The lowest BCUT2D eigenvalue weighted by Gasteiger charge is -2.15. The number of carbonyl (C=O) groups excluding carboxylic acids is 1. The van der Waals surface area contributed by atoms with Crippen LogP contribution in [0.3, 0.4) is 0 Å². The molecular weight excluding hydrogens is 372 g/mol. The Hall–Kier alpha value is -2.46. The molecule has 0 heterocycles. The number of hydrogen-bond acceptors (Lipinski definition) is 6. The standard InChI is InChI=1S/C18H22N2O6S/c1-20(26-3)27(23,24)16-10-6-14(7-11-16)18(22)19-12-17(21)13-4-8-15(25-2)9-5-13/h4-11,17,21H,12H2,1-3H3,(H,19,22). The van der Waals surface area contributed by atoms with Gasteiger partial charge in [-0.05, 0) is 42.0 Å². The molecule has 27 heavy (non-hydrogen) atoms. The van der Waals surface area contributed by atoms with Crippen LogP contribution in [-0.2, 0) is 14.9 Å². The number of ether oxygens (including phenoxy) is 1. The quantitative estimate of drug-likeness (QED) is 0.655. The normalized spacial score (nSPS) is 12.6. The maximum Gasteiger partial charge on any atom is 0.264 e. The van der Waals surface area contributed by atoms with Crippen LogP contribution in [0, 0.1) is 0 Å². The van der Waals surface area contributed by atoms with Gasteiger partial charge in [0.2, 0.25) is 0 Å². The highest BCUT2D eigenvalue weighted by Gasteiger charge is 2.21. The molecule has 0 aromatic heterocycles. The molecule has 8 nitrogen and oxygen atoms in total. The van der Waals surface area contributed by atoms with E-state index in [1.807, 2.05) is 0 Å². The van der Waals surface area contributed by atoms with Crippen LogP contribution in [0.4, 0.5) is 0 Å². The zero-order valence-electron chi connectivity index (χ0n) is 15.2. The maximum absolute atomic E-state index is 12.2. The van der Waals surface area contributed by atoms with Crippen molar-refractivity contribution in [1.29, 1.82) is 0 Å². The third kappa shape index (κ3) is 5.04. The van der Waals surface area contributed by atoms with Gasteiger partial charge in [-0.15, -0.1) is 0 Å². The first-order chi connectivity index (χ1) is 12.8. The predicted molar refractivity (Wildman–Crippen MR) is 98.7 cm³/mol. The Balaban J connectivity index is 1.99. The molecule has 0 radical (unpaired) electrons. The number of methoxy groups -OCH3 is 1. The zero-order valence-corrected chi connectivity index (χ0v) is 16.1. The van der Waals surface area contributed by atoms with Gasteiger partial charge in [0.1, 0.15) is 5.75 Å². The summed E-state index contributed by atoms with van der Waals surface area (Å²) in [5.41, 5.74) is 0.913. The lowest BCUT2D eigenvalue weighted by molar-refractivity contribution is -0.0258. The van der Waals surface area contributed by atoms with E-state index in [2.05, 4.69) is 5.32 Å². The third-order valence-corrected chi connectivity index (χ3v) is 5.66. The van der Waals surface area contributed by atoms with Crippen LogP contribution < -0.4 is 10.1 Å². The van der Waals surface area contributed by atoms with Crippen LogP contribution in [0.25, 0.3) is 0 Å². The molecule has 2 N–H and O–H groups in total. The van der Waals surface area contributed by atoms with E-state index in [1.54, 1.807) is 31.4 Å². The molecular formula is C18H22N2O6S. The molecule has 146 valence electrons. The van der Waals surface area contributed by atoms with Crippen molar-refractivity contribution in [3.8, 4) is 5.75 Å². The number of amides is 1. The molecule has 1 amide bonds. The highest BCUT2D eigenvalue weighted by Crippen LogP contribution is 2.18. The van der Waals surface area contributed by atoms with E-state index in [-0.39, 0.29) is 17.0 Å². The Morgan fingerprint density at radius 2 is 1.70 bits per heavy atom. The number of carbonyl (C=O) groups is 1. The van der Waals surface area contributed by atoms with Crippen LogP contribution in [0.5, 0.6) is 5.75 Å². The second kappa shape index (κ2) is 8.96. The molecule has 0 aliphatic heterocycles. The fraction of sp³-hybridized carbons (Fsp3) is 0.278. The van der Waals surface area contributed by atoms with E-state index >= 15 is 0 Å². The summed E-state index contributed by atoms with van der Waals surface area (Å²) in [7, 11) is 0.299. The smallest absolute Gasteiger partial charge is 0.264 e. The molecule has 0 bridgehead atoms. The second-order valence-electron chi connectivity index (χ2n) is 5.62. The minimum absolute atomic E-state index is 0.00154. The fourth-order valence-electron chi connectivity index (χ4n) is 2.26. The van der Waals surface area contributed by atoms with E-state index in [0.29, 0.717) is 11.3 Å². The lowest BCUT2D eigenvalue weighted by atomic mass is 10.1. The summed E-state index contributed by atoms with van der Waals surface area (Å²) in [6.07, 6.45) is -0.880. The summed E-state index contributed by atoms with van der Waals surface area (Å²) in [6.45, 7) is 0.0115. The predicted octanol–water partition coefficient (Wildman–Crippen LogP) is 1.34. The van der Waals surface area contributed by atoms with Gasteiger partial charge < -0.3 is 15.2 Å². The zero-order chi connectivity index (χ0) is 20.0. The fourth-order valence-corrected chi connectivity index (χ4v) is 3.23. The van der Waals surface area contributed by atoms with Crippen LogP contribution >= 0.6 is 0 Å². The molecule has 1 unspecified atom stereocenters. The number of aliphatic hydroxyl groups is 1. The second-order valence-corrected chi connectivity index (χ2v) is 7.56. The van der Waals surface area contributed by atoms with Gasteiger partial charge in [-0.2, -0.15) is 0 Å². The molecule has 9 heteroatoms. The molecule has 0 spiro atoms. The summed E-state index contributed by atoms with van der Waals surface area (Å²) >= 11 is 0. The molecule has 0 saturated heterocycles. The van der Waals surface area contributed by atoms with Crippen LogP contribution in [-0.4, -0.2) is 51.7 Å². The first-order valence-electron chi connectivity index (χ1n) is 8.03. The molecule has 2 aromatic carbocycles. The topological polar surface area (TPSA) is 105 Å². The first kappa shape index (κ1) is 20.8. The number of hydroxylamine groups is 1. The molecule has 2 rings (SSSR count). The van der Waals surface area contributed by atoms with Gasteiger partial charge in [-0.3, -0.25) is 9.63 Å². The summed E-state index contributed by atoms with van der Waals surface area (Å²) < 4.78 is 30.0. The van der Waals surface area contributed by atoms with E-state index in [1.165, 1.54) is 38.4 Å². The lowest BCUT2D eigenvalue weighted by Crippen LogP contribution is -2.28. The minimum atomic E-state index is -3.77. The van der Waals surface area contributed by atoms with E-state index in [4.69, 9.17) is 9.57 Å². The highest BCUT2D eigenvalue weighted by atomic mass is 32.2. The van der Waals surface area contributed by atoms with Gasteiger partial charge >= 0.3 is 0 Å². The van der Waals surface area contributed by atoms with Crippen LogP contribution in [0.15, 0.2) is 53.4 Å². The van der Waals surface area contributed by atoms with E-state index < -0.39 is 22.0 Å². The number of rotatable bonds is 8. The number of benzene rings is 2. The summed E-state index contributed by atoms with van der Waals surface area (Å²) in [6, 6.07) is 12.3. The van der Waals surface area contributed by atoms with Gasteiger partial charge in [0.15, 0.2) is 0 Å². The van der Waals surface area contributed by atoms with Crippen molar-refractivity contribution in [3.05, 3.63) is 59.7 Å². The molecule has 0 fully saturated rings. The van der Waals surface area contributed by atoms with Crippen molar-refractivity contribution in [2.45, 2.75) is 11.0 Å². The SMILES string of the molecule is COc1ccc(C(O)CNC(=O)c2ccc(S(=O)(=O)N(C)OC)cc2)cc1. The van der Waals surface area contributed by atoms with Crippen molar-refractivity contribution in [3.63, 3.8) is 0 Å². The number of sulfonamides is 1. The maximum atomic E-state index is 12.2. The Bertz CT molecular complexity index is 866. The van der Waals surface area contributed by atoms with Crippen molar-refractivity contribution in [2.24, 2.45) is 0 Å². The number of nitrogens with zero attached hydrogens (tertiary/aromatic N) is 1. The molecule has 1 atom stereocenters. The van der Waals surface area contributed by atoms with Gasteiger partial charge in [0.25, 0.3) is 15.9 Å². The van der Waals surface area contributed by atoms with Crippen LogP contribution in [0.1, 0.15) is 22.0 Å². The van der Waals surface area contributed by atoms with Crippen molar-refractivity contribution in [2.75, 3.05) is 27.8 Å². The Morgan fingerprint density at radius 1 is 1.11 bits per heavy atom. The Labute approximate surface area is 158 Å². The molecule has 0 aliphatic carbocycles. The van der Waals surface area contributed by atoms with E-state index in [0.717, 1.165) is 4.47 Å². The summed E-state index contributed by atoms with van der Waals surface area (Å²) in [5, 5.41) is 12.8. The average molecular weight is 394 g/mol. The number of aliphatic hydroxyl groups excluding tert-OH is 1. The third-order valence-electron chi connectivity index (χ3n) is 3.97. The minimum Gasteiger partial charge on any atom is -0.497 e. The van der Waals surface area contributed by atoms with Gasteiger partial charge in [-0.25, -0.2) is 8.42 Å². The first-order valence-corrected chi connectivity index (χ1v) is 9.47. The Kier molecular flexibility index (Phi) is 6.92. The monoisotopic (exact) mass is 394 g/mol. The molecule has 0 saturated carbocycles. The largest absolute Gasteiger partial charge is 0.497 e. The molecule has 2 aromatic rings. The Morgan fingerprint density at radius 3 is 2.22 bits per heavy atom. The van der Waals surface area contributed by atoms with Gasteiger partial charge in [0.05, 0.1) is 25.2 Å². The number of hydrogen-bond donors (Lipinski definition) is 2. The number of nitrogens with one attached hydrogen (secondary N) is 1. The summed E-state index contributed by atoms with van der Waals surface area (Å²) in [4.78, 5) is 16.9. The van der Waals surface area contributed by atoms with Crippen molar-refractivity contribution >= 4 is 15.9 Å². The van der Waals surface area contributed by atoms with Gasteiger partial charge in [0, 0.05) is 19.2 Å². The summed E-state index contributed by atoms with van der Waals surface area (Å²) in [5.74, 6) is 0.246. The van der Waals surface area contributed by atoms with Crippen LogP contribution in [0.2, 0.25) is 0 Å². The van der Waals surface area contributed by atoms with Crippen molar-refractivity contribution in [1.82, 2.24) is 9.79 Å². The highest BCUT2D eigenvalue weighted by molar-refractivity contribution is 7.89. The van der Waals surface area contributed by atoms with E-state index in [9.17, 15) is 18.3 Å². The molecule has 0 aliphatic rings.